The Bertz CT molecular complexity index is 193. The molecule has 0 bridgehead atoms. The average Bonchev–Trinajstić information content (AvgIpc) is 2.31. The number of nitrogens with one attached hydrogen (secondary N) is 1. The zero-order valence-electron chi connectivity index (χ0n) is 5.80. The Balaban J connectivity index is 2.42. The van der Waals surface area contributed by atoms with Gasteiger partial charge in [-0.05, 0) is 19.4 Å². The molecule has 0 saturated heterocycles. The van der Waals surface area contributed by atoms with E-state index in [0.29, 0.717) is 12.5 Å². The molecule has 0 atom stereocenters. The van der Waals surface area contributed by atoms with Crippen LogP contribution in [0.5, 0.6) is 0 Å². The lowest BCUT2D eigenvalue weighted by Crippen LogP contribution is -2.00. The molecule has 0 unspecified atom stereocenters. The number of aryl methyl sites for hydroxylation is 1. The van der Waals surface area contributed by atoms with Gasteiger partial charge in [-0.3, -0.25) is 0 Å². The minimum absolute atomic E-state index is 0.479. The Hall–Kier alpha value is -1.03. The molecule has 4 nitrogen and oxygen atoms in total. The summed E-state index contributed by atoms with van der Waals surface area (Å²) in [6, 6.07) is 0. The third-order valence-electron chi connectivity index (χ3n) is 1.30. The normalized spacial score (nSPS) is 10.1. The van der Waals surface area contributed by atoms with E-state index in [-0.39, 0.29) is 0 Å². The van der Waals surface area contributed by atoms with Crippen molar-refractivity contribution in [1.82, 2.24) is 9.97 Å². The van der Waals surface area contributed by atoms with Crippen LogP contribution in [-0.2, 0) is 6.42 Å². The number of aromatic nitrogens is 2. The SMILES string of the molecule is NCCCc1cnc(N)[nH]1. The van der Waals surface area contributed by atoms with Crippen LogP contribution in [0.2, 0.25) is 0 Å². The summed E-state index contributed by atoms with van der Waals surface area (Å²) in [6.45, 7) is 0.707. The first-order valence-electron chi connectivity index (χ1n) is 3.32. The van der Waals surface area contributed by atoms with Crippen LogP contribution < -0.4 is 11.5 Å². The van der Waals surface area contributed by atoms with Crippen LogP contribution in [0, 0.1) is 0 Å². The third-order valence-corrected chi connectivity index (χ3v) is 1.30. The van der Waals surface area contributed by atoms with E-state index >= 15 is 0 Å². The molecule has 1 rings (SSSR count). The molecule has 4 heteroatoms. The second-order valence-electron chi connectivity index (χ2n) is 2.19. The number of hydrogen-bond acceptors (Lipinski definition) is 3. The molecule has 0 aromatic carbocycles. The molecule has 5 N–H and O–H groups in total. The van der Waals surface area contributed by atoms with Crippen molar-refractivity contribution in [3.05, 3.63) is 11.9 Å². The van der Waals surface area contributed by atoms with E-state index in [4.69, 9.17) is 11.5 Å². The smallest absolute Gasteiger partial charge is 0.197 e. The van der Waals surface area contributed by atoms with E-state index in [1.807, 2.05) is 0 Å². The molecule has 1 aromatic rings. The predicted octanol–water partition coefficient (Wildman–Crippen LogP) is -0.117. The molecule has 10 heavy (non-hydrogen) atoms. The number of nitrogens with zero attached hydrogens (tertiary/aromatic N) is 1. The lowest BCUT2D eigenvalue weighted by molar-refractivity contribution is 0.816. The minimum Gasteiger partial charge on any atom is -0.369 e. The van der Waals surface area contributed by atoms with Crippen molar-refractivity contribution in [2.24, 2.45) is 5.73 Å². The van der Waals surface area contributed by atoms with Gasteiger partial charge in [0.2, 0.25) is 0 Å². The fourth-order valence-corrected chi connectivity index (χ4v) is 0.796. The molecule has 0 fully saturated rings. The average molecular weight is 140 g/mol. The summed E-state index contributed by atoms with van der Waals surface area (Å²) in [5, 5.41) is 0. The maximum atomic E-state index is 5.35. The number of imidazole rings is 1. The number of H-pyrrole nitrogens is 1. The van der Waals surface area contributed by atoms with Gasteiger partial charge in [0.05, 0.1) is 6.20 Å². The van der Waals surface area contributed by atoms with Crippen molar-refractivity contribution < 1.29 is 0 Å². The number of hydrogen-bond donors (Lipinski definition) is 3. The standard InChI is InChI=1S/C6H12N4/c7-3-1-2-5-4-9-6(8)10-5/h4H,1-3,7H2,(H3,8,9,10). The van der Waals surface area contributed by atoms with Gasteiger partial charge in [0.1, 0.15) is 0 Å². The molecule has 1 heterocycles. The Morgan fingerprint density at radius 1 is 1.60 bits per heavy atom. The van der Waals surface area contributed by atoms with Gasteiger partial charge in [0.15, 0.2) is 5.95 Å². The van der Waals surface area contributed by atoms with Crippen molar-refractivity contribution >= 4 is 5.95 Å². The fourth-order valence-electron chi connectivity index (χ4n) is 0.796. The topological polar surface area (TPSA) is 80.7 Å². The lowest BCUT2D eigenvalue weighted by Gasteiger charge is -1.91. The van der Waals surface area contributed by atoms with Crippen molar-refractivity contribution in [2.45, 2.75) is 12.8 Å². The van der Waals surface area contributed by atoms with E-state index in [9.17, 15) is 0 Å². The molecule has 56 valence electrons. The van der Waals surface area contributed by atoms with Gasteiger partial charge in [-0.1, -0.05) is 0 Å². The molecular weight excluding hydrogens is 128 g/mol. The van der Waals surface area contributed by atoms with Gasteiger partial charge in [0.25, 0.3) is 0 Å². The van der Waals surface area contributed by atoms with Gasteiger partial charge in [-0.15, -0.1) is 0 Å². The first kappa shape index (κ1) is 7.08. The molecule has 0 aliphatic rings. The molecule has 0 spiro atoms. The number of aromatic amines is 1. The van der Waals surface area contributed by atoms with Crippen LogP contribution >= 0.6 is 0 Å². The highest BCUT2D eigenvalue weighted by Crippen LogP contribution is 1.99. The molecule has 0 radical (unpaired) electrons. The molecule has 0 aliphatic heterocycles. The summed E-state index contributed by atoms with van der Waals surface area (Å²) in [5.74, 6) is 0.479. The van der Waals surface area contributed by atoms with Crippen molar-refractivity contribution in [3.63, 3.8) is 0 Å². The minimum atomic E-state index is 0.479. The zero-order chi connectivity index (χ0) is 7.40. The maximum Gasteiger partial charge on any atom is 0.197 e. The monoisotopic (exact) mass is 140 g/mol. The van der Waals surface area contributed by atoms with E-state index in [0.717, 1.165) is 18.5 Å². The summed E-state index contributed by atoms with van der Waals surface area (Å²) in [5.41, 5.74) is 11.7. The largest absolute Gasteiger partial charge is 0.369 e. The number of nitrogens with two attached hydrogens (primary N) is 2. The Kier molecular flexibility index (Phi) is 2.28. The highest BCUT2D eigenvalue weighted by atomic mass is 15.0. The summed E-state index contributed by atoms with van der Waals surface area (Å²) in [4.78, 5) is 6.77. The number of nitrogen functional groups attached to an aromatic ring is 1. The van der Waals surface area contributed by atoms with Crippen molar-refractivity contribution in [2.75, 3.05) is 12.3 Å². The molecule has 0 saturated carbocycles. The van der Waals surface area contributed by atoms with E-state index in [1.165, 1.54) is 0 Å². The lowest BCUT2D eigenvalue weighted by atomic mass is 10.2. The first-order chi connectivity index (χ1) is 4.83. The van der Waals surface area contributed by atoms with E-state index in [2.05, 4.69) is 9.97 Å². The van der Waals surface area contributed by atoms with Crippen LogP contribution in [0.15, 0.2) is 6.20 Å². The molecule has 0 aliphatic carbocycles. The van der Waals surface area contributed by atoms with Crippen molar-refractivity contribution in [3.8, 4) is 0 Å². The molecule has 0 amide bonds. The summed E-state index contributed by atoms with van der Waals surface area (Å²) in [7, 11) is 0. The summed E-state index contributed by atoms with van der Waals surface area (Å²) >= 11 is 0. The van der Waals surface area contributed by atoms with Gasteiger partial charge < -0.3 is 16.5 Å². The van der Waals surface area contributed by atoms with Gasteiger partial charge >= 0.3 is 0 Å². The third kappa shape index (κ3) is 1.73. The highest BCUT2D eigenvalue weighted by Gasteiger charge is 1.94. The van der Waals surface area contributed by atoms with E-state index in [1.54, 1.807) is 6.20 Å². The molecular formula is C6H12N4. The zero-order valence-corrected chi connectivity index (χ0v) is 5.80. The number of rotatable bonds is 3. The van der Waals surface area contributed by atoms with Crippen molar-refractivity contribution in [1.29, 1.82) is 0 Å². The van der Waals surface area contributed by atoms with Crippen LogP contribution in [0.1, 0.15) is 12.1 Å². The van der Waals surface area contributed by atoms with Crippen LogP contribution in [0.3, 0.4) is 0 Å². The Labute approximate surface area is 59.6 Å². The Morgan fingerprint density at radius 2 is 2.40 bits per heavy atom. The quantitative estimate of drug-likeness (QED) is 0.547. The second kappa shape index (κ2) is 3.22. The first-order valence-corrected chi connectivity index (χ1v) is 3.32. The van der Waals surface area contributed by atoms with E-state index < -0.39 is 0 Å². The predicted molar refractivity (Wildman–Crippen MR) is 40.4 cm³/mol. The van der Waals surface area contributed by atoms with Gasteiger partial charge in [-0.2, -0.15) is 0 Å². The van der Waals surface area contributed by atoms with Crippen LogP contribution in [-0.4, -0.2) is 16.5 Å². The van der Waals surface area contributed by atoms with Crippen LogP contribution in [0.25, 0.3) is 0 Å². The fraction of sp³-hybridized carbons (Fsp3) is 0.500. The van der Waals surface area contributed by atoms with Gasteiger partial charge in [-0.25, -0.2) is 4.98 Å². The highest BCUT2D eigenvalue weighted by molar-refractivity contribution is 5.18. The second-order valence-corrected chi connectivity index (χ2v) is 2.19. The maximum absolute atomic E-state index is 5.35. The number of anilines is 1. The molecule has 1 aromatic heterocycles. The summed E-state index contributed by atoms with van der Waals surface area (Å²) in [6.07, 6.45) is 3.65. The van der Waals surface area contributed by atoms with Crippen LogP contribution in [0.4, 0.5) is 5.95 Å². The Morgan fingerprint density at radius 3 is 2.90 bits per heavy atom. The van der Waals surface area contributed by atoms with Gasteiger partial charge in [0, 0.05) is 5.69 Å². The summed E-state index contributed by atoms with van der Waals surface area (Å²) < 4.78 is 0.